The Bertz CT molecular complexity index is 683. The average Bonchev–Trinajstić information content (AvgIpc) is 3.05. The number of carbonyl (C=O) groups is 1. The van der Waals surface area contributed by atoms with Gasteiger partial charge in [0.2, 0.25) is 5.88 Å². The Kier molecular flexibility index (Phi) is 6.66. The maximum atomic E-state index is 11.4. The lowest BCUT2D eigenvalue weighted by molar-refractivity contribution is 0.0600. The maximum Gasteiger partial charge on any atom is 0.341 e. The number of nitrogen functional groups attached to an aromatic ring is 1. The summed E-state index contributed by atoms with van der Waals surface area (Å²) in [6, 6.07) is 0. The Morgan fingerprint density at radius 3 is 2.57 bits per heavy atom. The van der Waals surface area contributed by atoms with E-state index >= 15 is 0 Å². The molecule has 0 radical (unpaired) electrons. The summed E-state index contributed by atoms with van der Waals surface area (Å²) in [6.07, 6.45) is 4.96. The number of esters is 1. The number of carbonyl (C=O) groups excluding carboxylic acids is 1. The Hall–Kier alpha value is -2.97. The Morgan fingerprint density at radius 2 is 2.04 bits per heavy atom. The van der Waals surface area contributed by atoms with E-state index in [1.807, 2.05) is 0 Å². The molecule has 0 atom stereocenters. The average molecular weight is 320 g/mol. The molecule has 9 nitrogen and oxygen atoms in total. The molecule has 0 spiro atoms. The van der Waals surface area contributed by atoms with Crippen LogP contribution in [0.2, 0.25) is 0 Å². The quantitative estimate of drug-likeness (QED) is 0.644. The van der Waals surface area contributed by atoms with E-state index in [4.69, 9.17) is 15.9 Å². The number of hydrogen-bond donors (Lipinski definition) is 2. The molecular weight excluding hydrogens is 300 g/mol. The van der Waals surface area contributed by atoms with Gasteiger partial charge >= 0.3 is 5.97 Å². The molecule has 2 heterocycles. The molecule has 0 saturated carbocycles. The second-order valence-electron chi connectivity index (χ2n) is 4.35. The molecule has 124 valence electrons. The Balaban J connectivity index is 0.000000816. The van der Waals surface area contributed by atoms with Crippen molar-refractivity contribution >= 4 is 17.9 Å². The molecule has 3 N–H and O–H groups in total. The molecule has 2 aromatic heterocycles. The second kappa shape index (κ2) is 8.47. The van der Waals surface area contributed by atoms with Crippen molar-refractivity contribution in [2.45, 2.75) is 20.3 Å². The standard InChI is InChI=1S/C11H12N6O3.C3H8/c1-19-9-8(13)7(3-12)15-11(16-9)17-5-6(4-14-17)10(18)20-2;1-3-2/h3-5,12H,13H2,1-2H3;3H2,1-2H3. The van der Waals surface area contributed by atoms with Crippen LogP contribution in [0.1, 0.15) is 36.3 Å². The summed E-state index contributed by atoms with van der Waals surface area (Å²) in [6.45, 7) is 4.25. The van der Waals surface area contributed by atoms with Crippen LogP contribution < -0.4 is 10.5 Å². The highest BCUT2D eigenvalue weighted by molar-refractivity contribution is 5.88. The lowest BCUT2D eigenvalue weighted by Crippen LogP contribution is -2.09. The molecule has 2 aromatic rings. The third-order valence-corrected chi connectivity index (χ3v) is 2.47. The molecule has 0 fully saturated rings. The molecule has 0 aliphatic carbocycles. The van der Waals surface area contributed by atoms with Crippen molar-refractivity contribution in [1.29, 1.82) is 5.41 Å². The van der Waals surface area contributed by atoms with Gasteiger partial charge in [0.1, 0.15) is 11.4 Å². The van der Waals surface area contributed by atoms with E-state index in [1.165, 1.54) is 37.7 Å². The Morgan fingerprint density at radius 1 is 1.39 bits per heavy atom. The highest BCUT2D eigenvalue weighted by Gasteiger charge is 2.15. The van der Waals surface area contributed by atoms with E-state index in [0.29, 0.717) is 0 Å². The number of nitrogens with two attached hydrogens (primary N) is 1. The molecule has 2 rings (SSSR count). The Labute approximate surface area is 134 Å². The van der Waals surface area contributed by atoms with E-state index in [9.17, 15) is 4.79 Å². The lowest BCUT2D eigenvalue weighted by atomic mass is 10.3. The SMILES string of the molecule is CCC.COC(=O)c1cnn(-c2nc(C=N)c(N)c(OC)n2)c1. The lowest BCUT2D eigenvalue weighted by Gasteiger charge is -2.07. The van der Waals surface area contributed by atoms with Gasteiger partial charge in [0, 0.05) is 12.4 Å². The fraction of sp³-hybridized carbons (Fsp3) is 0.357. The van der Waals surface area contributed by atoms with Gasteiger partial charge < -0.3 is 20.6 Å². The van der Waals surface area contributed by atoms with Crippen LogP contribution in [-0.4, -0.2) is 46.2 Å². The van der Waals surface area contributed by atoms with Crippen molar-refractivity contribution in [2.75, 3.05) is 20.0 Å². The van der Waals surface area contributed by atoms with Gasteiger partial charge in [-0.3, -0.25) is 0 Å². The van der Waals surface area contributed by atoms with Gasteiger partial charge in [0.05, 0.1) is 26.0 Å². The predicted molar refractivity (Wildman–Crippen MR) is 85.3 cm³/mol. The van der Waals surface area contributed by atoms with Gasteiger partial charge in [-0.1, -0.05) is 20.3 Å². The minimum Gasteiger partial charge on any atom is -0.479 e. The smallest absolute Gasteiger partial charge is 0.341 e. The highest BCUT2D eigenvalue weighted by Crippen LogP contribution is 2.21. The monoisotopic (exact) mass is 320 g/mol. The van der Waals surface area contributed by atoms with Gasteiger partial charge in [-0.25, -0.2) is 14.5 Å². The van der Waals surface area contributed by atoms with Crippen LogP contribution in [0.25, 0.3) is 5.95 Å². The zero-order valence-electron chi connectivity index (χ0n) is 13.5. The summed E-state index contributed by atoms with van der Waals surface area (Å²) in [5.41, 5.74) is 6.33. The van der Waals surface area contributed by atoms with Gasteiger partial charge in [-0.15, -0.1) is 0 Å². The number of methoxy groups -OCH3 is 2. The molecule has 0 aliphatic rings. The number of hydrogen-bond acceptors (Lipinski definition) is 8. The minimum atomic E-state index is -0.522. The fourth-order valence-electron chi connectivity index (χ4n) is 1.48. The van der Waals surface area contributed by atoms with E-state index in [1.54, 1.807) is 0 Å². The first-order valence-electron chi connectivity index (χ1n) is 6.87. The number of rotatable bonds is 4. The van der Waals surface area contributed by atoms with Crippen LogP contribution in [0.5, 0.6) is 5.88 Å². The van der Waals surface area contributed by atoms with Crippen molar-refractivity contribution in [3.8, 4) is 11.8 Å². The normalized spacial score (nSPS) is 9.57. The first-order valence-corrected chi connectivity index (χ1v) is 6.87. The van der Waals surface area contributed by atoms with Gasteiger partial charge in [-0.2, -0.15) is 10.1 Å². The van der Waals surface area contributed by atoms with Crippen LogP contribution in [0.3, 0.4) is 0 Å². The summed E-state index contributed by atoms with van der Waals surface area (Å²) >= 11 is 0. The van der Waals surface area contributed by atoms with Gasteiger partial charge in [-0.05, 0) is 0 Å². The molecule has 0 unspecified atom stereocenters. The van der Waals surface area contributed by atoms with Crippen molar-refractivity contribution in [3.05, 3.63) is 23.7 Å². The van der Waals surface area contributed by atoms with E-state index in [0.717, 1.165) is 6.21 Å². The second-order valence-corrected chi connectivity index (χ2v) is 4.35. The molecule has 9 heteroatoms. The predicted octanol–water partition coefficient (Wildman–Crippen LogP) is 1.45. The summed E-state index contributed by atoms with van der Waals surface area (Å²) < 4.78 is 10.9. The topological polar surface area (TPSA) is 129 Å². The molecule has 0 bridgehead atoms. The largest absolute Gasteiger partial charge is 0.479 e. The number of ether oxygens (including phenoxy) is 2. The number of anilines is 1. The van der Waals surface area contributed by atoms with Crippen molar-refractivity contribution in [2.24, 2.45) is 0 Å². The molecule has 23 heavy (non-hydrogen) atoms. The van der Waals surface area contributed by atoms with Crippen molar-refractivity contribution in [3.63, 3.8) is 0 Å². The fourth-order valence-corrected chi connectivity index (χ4v) is 1.48. The van der Waals surface area contributed by atoms with Gasteiger partial charge in [0.15, 0.2) is 0 Å². The molecule has 0 aliphatic heterocycles. The zero-order valence-corrected chi connectivity index (χ0v) is 13.5. The minimum absolute atomic E-state index is 0.128. The molecule has 0 aromatic carbocycles. The van der Waals surface area contributed by atoms with Crippen molar-refractivity contribution < 1.29 is 14.3 Å². The first-order chi connectivity index (χ1) is 11.0. The highest BCUT2D eigenvalue weighted by atomic mass is 16.5. The van der Waals surface area contributed by atoms with Crippen LogP contribution in [-0.2, 0) is 4.74 Å². The maximum absolute atomic E-state index is 11.4. The van der Waals surface area contributed by atoms with Gasteiger partial charge in [0.25, 0.3) is 5.95 Å². The molecule has 0 amide bonds. The van der Waals surface area contributed by atoms with Crippen LogP contribution in [0.15, 0.2) is 12.4 Å². The number of aromatic nitrogens is 4. The van der Waals surface area contributed by atoms with Crippen LogP contribution in [0, 0.1) is 5.41 Å². The summed E-state index contributed by atoms with van der Waals surface area (Å²) in [4.78, 5) is 19.5. The zero-order chi connectivity index (χ0) is 17.4. The summed E-state index contributed by atoms with van der Waals surface area (Å²) in [5.74, 6) is -0.265. The third-order valence-electron chi connectivity index (χ3n) is 2.47. The third kappa shape index (κ3) is 4.25. The number of nitrogens with zero attached hydrogens (tertiary/aromatic N) is 4. The van der Waals surface area contributed by atoms with Crippen LogP contribution in [0.4, 0.5) is 5.69 Å². The number of nitrogens with one attached hydrogen (secondary N) is 1. The van der Waals surface area contributed by atoms with E-state index in [2.05, 4.69) is 33.7 Å². The first kappa shape index (κ1) is 18.1. The summed E-state index contributed by atoms with van der Waals surface area (Å²) in [5, 5.41) is 11.2. The van der Waals surface area contributed by atoms with E-state index in [-0.39, 0.29) is 28.8 Å². The van der Waals surface area contributed by atoms with Crippen LogP contribution >= 0.6 is 0 Å². The molecule has 0 saturated heterocycles. The summed E-state index contributed by atoms with van der Waals surface area (Å²) in [7, 11) is 2.68. The molecular formula is C14H20N6O3. The van der Waals surface area contributed by atoms with Crippen molar-refractivity contribution in [1.82, 2.24) is 19.7 Å². The van der Waals surface area contributed by atoms with E-state index < -0.39 is 5.97 Å².